The van der Waals surface area contributed by atoms with Crippen molar-refractivity contribution in [1.82, 2.24) is 35.6 Å². The molecule has 2 saturated heterocycles. The number of ether oxygens (including phenoxy) is 2. The summed E-state index contributed by atoms with van der Waals surface area (Å²) in [5.74, 6) is 1.17. The molecule has 14 heteroatoms. The summed E-state index contributed by atoms with van der Waals surface area (Å²) in [6.45, 7) is 6.66. The molecule has 3 aromatic carbocycles. The van der Waals surface area contributed by atoms with E-state index in [0.29, 0.717) is 72.3 Å². The van der Waals surface area contributed by atoms with Gasteiger partial charge in [-0.3, -0.25) is 23.8 Å². The highest BCUT2D eigenvalue weighted by Gasteiger charge is 2.22. The van der Waals surface area contributed by atoms with Gasteiger partial charge in [0.05, 0.1) is 10.6 Å². The van der Waals surface area contributed by atoms with E-state index in [1.54, 1.807) is 35.1 Å². The summed E-state index contributed by atoms with van der Waals surface area (Å²) < 4.78 is 14.3. The Labute approximate surface area is 364 Å². The monoisotopic (exact) mass is 850 g/mol. The fourth-order valence-corrected chi connectivity index (χ4v) is 8.34. The van der Waals surface area contributed by atoms with E-state index in [9.17, 15) is 19.6 Å². The first-order valence-corrected chi connectivity index (χ1v) is 21.1. The van der Waals surface area contributed by atoms with Gasteiger partial charge >= 0.3 is 0 Å². The Morgan fingerprint density at radius 1 is 0.774 bits per heavy atom. The molecule has 2 atom stereocenters. The molecule has 0 saturated carbocycles. The molecule has 13 nitrogen and oxygen atoms in total. The predicted molar refractivity (Wildman–Crippen MR) is 237 cm³/mol. The van der Waals surface area contributed by atoms with E-state index in [2.05, 4.69) is 69.4 Å². The second-order valence-electron chi connectivity index (χ2n) is 15.8. The van der Waals surface area contributed by atoms with Crippen LogP contribution in [0.25, 0.3) is 27.9 Å². The van der Waals surface area contributed by atoms with Crippen LogP contribution in [-0.4, -0.2) is 51.4 Å². The van der Waals surface area contributed by atoms with Crippen molar-refractivity contribution in [2.24, 2.45) is 0 Å². The smallest absolute Gasteiger partial charge is 0.262 e. The minimum atomic E-state index is -0.130. The molecule has 2 amide bonds. The maximum absolute atomic E-state index is 13.4. The van der Waals surface area contributed by atoms with Gasteiger partial charge in [0, 0.05) is 98.6 Å². The van der Waals surface area contributed by atoms with Crippen molar-refractivity contribution >= 4 is 29.1 Å². The van der Waals surface area contributed by atoms with Gasteiger partial charge in [0.15, 0.2) is 0 Å². The van der Waals surface area contributed by atoms with Crippen molar-refractivity contribution in [3.63, 3.8) is 0 Å². The number of nitrogens with one attached hydrogen (secondary N) is 4. The number of nitriles is 1. The molecular weight excluding hydrogens is 804 g/mol. The third-order valence-corrected chi connectivity index (χ3v) is 11.9. The van der Waals surface area contributed by atoms with Crippen molar-refractivity contribution < 1.29 is 19.1 Å². The van der Waals surface area contributed by atoms with Crippen molar-refractivity contribution in [1.29, 1.82) is 5.26 Å². The van der Waals surface area contributed by atoms with Crippen LogP contribution in [0.4, 0.5) is 0 Å². The van der Waals surface area contributed by atoms with Crippen LogP contribution >= 0.6 is 11.6 Å². The normalized spacial score (nSPS) is 16.0. The van der Waals surface area contributed by atoms with Gasteiger partial charge in [-0.05, 0) is 89.9 Å². The topological polar surface area (TPSA) is 172 Å². The van der Waals surface area contributed by atoms with Gasteiger partial charge in [-0.2, -0.15) is 5.26 Å². The van der Waals surface area contributed by atoms with E-state index in [-0.39, 0.29) is 42.7 Å². The second kappa shape index (κ2) is 19.0. The van der Waals surface area contributed by atoms with E-state index in [1.807, 2.05) is 36.4 Å². The number of benzene rings is 3. The van der Waals surface area contributed by atoms with Crippen LogP contribution in [0, 0.1) is 25.2 Å². The van der Waals surface area contributed by atoms with Gasteiger partial charge < -0.3 is 30.7 Å². The third kappa shape index (κ3) is 9.63. The number of rotatable bonds is 16. The fourth-order valence-electron chi connectivity index (χ4n) is 8.10. The summed E-state index contributed by atoms with van der Waals surface area (Å²) in [4.78, 5) is 45.4. The largest absolute Gasteiger partial charge is 0.488 e. The van der Waals surface area contributed by atoms with Crippen molar-refractivity contribution in [3.05, 3.63) is 146 Å². The van der Waals surface area contributed by atoms with E-state index in [4.69, 9.17) is 21.1 Å². The molecule has 8 rings (SSSR count). The van der Waals surface area contributed by atoms with Crippen LogP contribution < -0.4 is 36.3 Å². The molecular formula is C48H47ClN8O5. The van der Waals surface area contributed by atoms with Crippen LogP contribution in [0.2, 0.25) is 5.02 Å². The Hall–Kier alpha value is -6.59. The summed E-state index contributed by atoms with van der Waals surface area (Å²) >= 11 is 6.86. The SMILES string of the molecule is Cc1c(COc2cc(OCc3cncc(C#N)c3)c(CNC[C@H]3CCC(=O)N3)cc2Cl)cccc1-c1cccc(-c2ccn3c(=O)c(CNC[C@H]4CCC(=O)N4)cnc3c2)c1C. The molecule has 4 N–H and O–H groups in total. The van der Waals surface area contributed by atoms with Crippen molar-refractivity contribution in [2.45, 2.75) is 77.9 Å². The van der Waals surface area contributed by atoms with Crippen LogP contribution in [0.3, 0.4) is 0 Å². The molecule has 316 valence electrons. The standard InChI is InChI=1S/C48H47ClN8O5/c1-29-34(28-62-44-18-43(61-27-32-15-31(19-50)20-51-21-32)35(16-42(44)49)22-52-25-37-9-11-46(58)55-37)5-3-7-40(29)41-8-4-6-39(30(41)2)33-13-14-57-45(17-33)54-24-36(48(57)60)23-53-26-38-10-12-47(59)56-38/h3-8,13-18,20-21,24,37-38,52-53H,9-12,22-23,25-28H2,1-2H3,(H,55,58)(H,56,59)/t37-,38-/m1/s1. The molecule has 0 bridgehead atoms. The summed E-state index contributed by atoms with van der Waals surface area (Å²) in [7, 11) is 0. The lowest BCUT2D eigenvalue weighted by Gasteiger charge is -2.19. The quantitative estimate of drug-likeness (QED) is 0.0848. The van der Waals surface area contributed by atoms with Crippen LogP contribution in [0.1, 0.15) is 64.6 Å². The maximum Gasteiger partial charge on any atom is 0.262 e. The number of carbonyl (C=O) groups is 2. The molecule has 2 fully saturated rings. The first-order valence-electron chi connectivity index (χ1n) is 20.7. The third-order valence-electron chi connectivity index (χ3n) is 11.6. The molecule has 0 aliphatic carbocycles. The molecule has 2 aliphatic rings. The Kier molecular flexibility index (Phi) is 12.9. The highest BCUT2D eigenvalue weighted by molar-refractivity contribution is 6.32. The lowest BCUT2D eigenvalue weighted by molar-refractivity contribution is -0.120. The lowest BCUT2D eigenvalue weighted by Crippen LogP contribution is -2.36. The van der Waals surface area contributed by atoms with E-state index < -0.39 is 0 Å². The van der Waals surface area contributed by atoms with Gasteiger partial charge in [0.1, 0.15) is 36.4 Å². The number of carbonyl (C=O) groups excluding carboxylic acids is 2. The van der Waals surface area contributed by atoms with E-state index >= 15 is 0 Å². The summed E-state index contributed by atoms with van der Waals surface area (Å²) in [6, 6.07) is 23.9. The van der Waals surface area contributed by atoms with Crippen LogP contribution in [0.15, 0.2) is 96.3 Å². The summed E-state index contributed by atoms with van der Waals surface area (Å²) in [5, 5.41) is 22.4. The minimum Gasteiger partial charge on any atom is -0.488 e. The number of pyridine rings is 2. The summed E-state index contributed by atoms with van der Waals surface area (Å²) in [5.41, 5.74) is 10.3. The molecule has 2 aliphatic heterocycles. The number of fused-ring (bicyclic) bond motifs is 1. The molecule has 0 radical (unpaired) electrons. The summed E-state index contributed by atoms with van der Waals surface area (Å²) in [6.07, 6.45) is 9.23. The van der Waals surface area contributed by atoms with Gasteiger partial charge in [-0.15, -0.1) is 0 Å². The van der Waals surface area contributed by atoms with E-state index in [1.165, 1.54) is 6.20 Å². The average Bonchev–Trinajstić information content (AvgIpc) is 3.90. The minimum absolute atomic E-state index is 0.0651. The lowest BCUT2D eigenvalue weighted by atomic mass is 9.90. The molecule has 0 unspecified atom stereocenters. The number of hydrogen-bond donors (Lipinski definition) is 4. The predicted octanol–water partition coefficient (Wildman–Crippen LogP) is 6.46. The van der Waals surface area contributed by atoms with Crippen molar-refractivity contribution in [3.8, 4) is 39.8 Å². The molecule has 3 aromatic heterocycles. The fraction of sp³-hybridized carbons (Fsp3) is 0.292. The zero-order chi connectivity index (χ0) is 43.2. The molecule has 0 spiro atoms. The van der Waals surface area contributed by atoms with Gasteiger partial charge in [0.25, 0.3) is 5.56 Å². The zero-order valence-corrected chi connectivity index (χ0v) is 35.4. The Bertz CT molecular complexity index is 2770. The highest BCUT2D eigenvalue weighted by atomic mass is 35.5. The van der Waals surface area contributed by atoms with Gasteiger partial charge in [-0.1, -0.05) is 48.0 Å². The maximum atomic E-state index is 13.4. The second-order valence-corrected chi connectivity index (χ2v) is 16.2. The molecule has 62 heavy (non-hydrogen) atoms. The first kappa shape index (κ1) is 42.1. The highest BCUT2D eigenvalue weighted by Crippen LogP contribution is 2.37. The number of hydrogen-bond acceptors (Lipinski definition) is 10. The van der Waals surface area contributed by atoms with Crippen LogP contribution in [0.5, 0.6) is 11.5 Å². The Balaban J connectivity index is 0.985. The number of halogens is 1. The van der Waals surface area contributed by atoms with Crippen molar-refractivity contribution in [2.75, 3.05) is 13.1 Å². The van der Waals surface area contributed by atoms with Gasteiger partial charge in [0.2, 0.25) is 11.8 Å². The number of aromatic nitrogens is 3. The van der Waals surface area contributed by atoms with Crippen LogP contribution in [-0.2, 0) is 35.9 Å². The Morgan fingerprint density at radius 2 is 1.45 bits per heavy atom. The number of nitrogens with zero attached hydrogens (tertiary/aromatic N) is 4. The number of amides is 2. The van der Waals surface area contributed by atoms with E-state index in [0.717, 1.165) is 62.9 Å². The average molecular weight is 851 g/mol. The molecule has 5 heterocycles. The molecule has 6 aromatic rings. The first-order chi connectivity index (χ1) is 30.1. The zero-order valence-electron chi connectivity index (χ0n) is 34.6. The Morgan fingerprint density at radius 3 is 2.16 bits per heavy atom. The van der Waals surface area contributed by atoms with Gasteiger partial charge in [-0.25, -0.2) is 4.98 Å².